The Balaban J connectivity index is 1.38. The maximum Gasteiger partial charge on any atom is 0.338 e. The van der Waals surface area contributed by atoms with Crippen molar-refractivity contribution in [3.63, 3.8) is 0 Å². The molecule has 0 amide bonds. The van der Waals surface area contributed by atoms with Gasteiger partial charge in [0, 0.05) is 34.7 Å². The summed E-state index contributed by atoms with van der Waals surface area (Å²) in [4.78, 5) is 12.2. The van der Waals surface area contributed by atoms with Gasteiger partial charge < -0.3 is 13.8 Å². The molecule has 0 N–H and O–H groups in total. The van der Waals surface area contributed by atoms with Crippen LogP contribution in [-0.2, 0) is 11.3 Å². The highest BCUT2D eigenvalue weighted by molar-refractivity contribution is 6.30. The average molecular weight is 379 g/mol. The first-order valence-corrected chi connectivity index (χ1v) is 8.69. The van der Waals surface area contributed by atoms with E-state index in [0.29, 0.717) is 22.0 Å². The third-order valence-corrected chi connectivity index (χ3v) is 4.30. The molecule has 0 saturated heterocycles. The van der Waals surface area contributed by atoms with Gasteiger partial charge in [0.25, 0.3) is 0 Å². The van der Waals surface area contributed by atoms with E-state index in [9.17, 15) is 4.79 Å². The predicted octanol–water partition coefficient (Wildman–Crippen LogP) is 5.14. The number of carbonyl (C=O) groups is 1. The number of hydrogen-bond donors (Lipinski definition) is 0. The number of nitrogens with zero attached hydrogens (tertiary/aromatic N) is 2. The lowest BCUT2D eigenvalue weighted by Gasteiger charge is -2.05. The fourth-order valence-electron chi connectivity index (χ4n) is 2.63. The first kappa shape index (κ1) is 17.1. The molecule has 0 aliphatic heterocycles. The Bertz CT molecular complexity index is 1040. The molecule has 27 heavy (non-hydrogen) atoms. The fraction of sp³-hybridized carbons (Fsp3) is 0.0476. The van der Waals surface area contributed by atoms with Crippen molar-refractivity contribution in [3.05, 3.63) is 95.4 Å². The van der Waals surface area contributed by atoms with Crippen LogP contribution >= 0.6 is 11.6 Å². The largest absolute Gasteiger partial charge is 0.455 e. The van der Waals surface area contributed by atoms with Gasteiger partial charge in [-0.25, -0.2) is 4.79 Å². The molecule has 134 valence electrons. The highest BCUT2D eigenvalue weighted by Crippen LogP contribution is 2.22. The molecule has 0 aliphatic carbocycles. The second kappa shape index (κ2) is 7.51. The van der Waals surface area contributed by atoms with Crippen molar-refractivity contribution < 1.29 is 14.1 Å². The second-order valence-electron chi connectivity index (χ2n) is 5.90. The zero-order valence-electron chi connectivity index (χ0n) is 14.2. The number of carbonyl (C=O) groups excluding carboxylic acids is 1. The van der Waals surface area contributed by atoms with Crippen molar-refractivity contribution in [2.75, 3.05) is 0 Å². The molecular weight excluding hydrogens is 364 g/mol. The van der Waals surface area contributed by atoms with Crippen molar-refractivity contribution in [1.29, 1.82) is 0 Å². The topological polar surface area (TPSA) is 57.3 Å². The number of hydrogen-bond acceptors (Lipinski definition) is 4. The first-order valence-electron chi connectivity index (χ1n) is 8.31. The highest BCUT2D eigenvalue weighted by atomic mass is 35.5. The summed E-state index contributed by atoms with van der Waals surface area (Å²) >= 11 is 5.88. The number of aromatic nitrogens is 2. The Labute approximate surface area is 160 Å². The maximum absolute atomic E-state index is 12.2. The van der Waals surface area contributed by atoms with Gasteiger partial charge in [-0.2, -0.15) is 0 Å². The molecule has 6 heteroatoms. The number of benzene rings is 2. The smallest absolute Gasteiger partial charge is 0.338 e. The average Bonchev–Trinajstić information content (AvgIpc) is 3.39. The zero-order valence-corrected chi connectivity index (χ0v) is 15.0. The molecular formula is C21H15ClN2O3. The van der Waals surface area contributed by atoms with Gasteiger partial charge >= 0.3 is 5.97 Å². The van der Waals surface area contributed by atoms with Crippen LogP contribution in [0.2, 0.25) is 5.02 Å². The Morgan fingerprint density at radius 2 is 1.74 bits per heavy atom. The summed E-state index contributed by atoms with van der Waals surface area (Å²) in [5.41, 5.74) is 2.84. The minimum Gasteiger partial charge on any atom is -0.455 e. The summed E-state index contributed by atoms with van der Waals surface area (Å²) in [5.74, 6) is 0.180. The number of esters is 1. The van der Waals surface area contributed by atoms with Crippen LogP contribution in [0.4, 0.5) is 0 Å². The molecule has 0 fully saturated rings. The molecule has 0 atom stereocenters. The molecule has 4 aromatic rings. The molecule has 0 radical (unpaired) electrons. The number of halogens is 1. The lowest BCUT2D eigenvalue weighted by atomic mass is 10.1. The Morgan fingerprint density at radius 3 is 2.44 bits per heavy atom. The second-order valence-corrected chi connectivity index (χ2v) is 6.34. The van der Waals surface area contributed by atoms with Gasteiger partial charge in [-0.3, -0.25) is 0 Å². The molecule has 2 heterocycles. The van der Waals surface area contributed by atoms with Gasteiger partial charge in [-0.05, 0) is 60.7 Å². The molecule has 0 saturated carbocycles. The van der Waals surface area contributed by atoms with Crippen LogP contribution in [0.5, 0.6) is 0 Å². The Kier molecular flexibility index (Phi) is 4.77. The van der Waals surface area contributed by atoms with Crippen LogP contribution in [0.1, 0.15) is 16.1 Å². The summed E-state index contributed by atoms with van der Waals surface area (Å²) in [7, 11) is 0. The molecule has 2 aromatic carbocycles. The third-order valence-electron chi connectivity index (χ3n) is 4.04. The summed E-state index contributed by atoms with van der Waals surface area (Å²) in [6.07, 6.45) is 3.88. The van der Waals surface area contributed by atoms with Crippen LogP contribution in [0.3, 0.4) is 0 Å². The van der Waals surface area contributed by atoms with Crippen molar-refractivity contribution in [2.45, 2.75) is 6.61 Å². The number of ether oxygens (including phenoxy) is 1. The normalized spacial score (nSPS) is 10.7. The van der Waals surface area contributed by atoms with E-state index in [1.807, 2.05) is 53.4 Å². The fourth-order valence-corrected chi connectivity index (χ4v) is 2.76. The summed E-state index contributed by atoms with van der Waals surface area (Å²) in [6, 6.07) is 20.1. The summed E-state index contributed by atoms with van der Waals surface area (Å²) in [5, 5.41) is 4.59. The van der Waals surface area contributed by atoms with E-state index in [2.05, 4.69) is 5.16 Å². The molecule has 0 spiro atoms. The Morgan fingerprint density at radius 1 is 1.04 bits per heavy atom. The van der Waals surface area contributed by atoms with E-state index in [0.717, 1.165) is 11.3 Å². The summed E-state index contributed by atoms with van der Waals surface area (Å²) < 4.78 is 12.6. The van der Waals surface area contributed by atoms with E-state index in [1.54, 1.807) is 30.3 Å². The van der Waals surface area contributed by atoms with Crippen LogP contribution < -0.4 is 0 Å². The van der Waals surface area contributed by atoms with E-state index in [4.69, 9.17) is 20.9 Å². The first-order chi connectivity index (χ1) is 13.2. The minimum atomic E-state index is -0.412. The van der Waals surface area contributed by atoms with Gasteiger partial charge in [0.2, 0.25) is 0 Å². The quantitative estimate of drug-likeness (QED) is 0.451. The van der Waals surface area contributed by atoms with Crippen LogP contribution in [-0.4, -0.2) is 15.7 Å². The minimum absolute atomic E-state index is 0.0370. The van der Waals surface area contributed by atoms with Gasteiger partial charge in [-0.15, -0.1) is 0 Å². The van der Waals surface area contributed by atoms with Gasteiger partial charge in [0.1, 0.15) is 12.3 Å². The van der Waals surface area contributed by atoms with E-state index in [1.165, 1.54) is 0 Å². The van der Waals surface area contributed by atoms with Crippen LogP contribution in [0, 0.1) is 0 Å². The van der Waals surface area contributed by atoms with E-state index in [-0.39, 0.29) is 6.61 Å². The highest BCUT2D eigenvalue weighted by Gasteiger charge is 2.11. The van der Waals surface area contributed by atoms with Crippen molar-refractivity contribution in [1.82, 2.24) is 9.72 Å². The molecule has 0 unspecified atom stereocenters. The molecule has 0 bridgehead atoms. The molecule has 5 nitrogen and oxygen atoms in total. The zero-order chi connectivity index (χ0) is 18.6. The number of rotatable bonds is 5. The predicted molar refractivity (Wildman–Crippen MR) is 102 cm³/mol. The molecule has 2 aromatic heterocycles. The molecule has 0 aliphatic rings. The standard InChI is InChI=1S/C21H15ClN2O3/c22-17-7-3-15(4-8-17)20-13-18(23-27-20)14-26-21(25)16-5-9-19(10-6-16)24-11-1-2-12-24/h1-13H,14H2. The van der Waals surface area contributed by atoms with Gasteiger partial charge in [0.05, 0.1) is 5.56 Å². The lowest BCUT2D eigenvalue weighted by molar-refractivity contribution is 0.0464. The van der Waals surface area contributed by atoms with Crippen molar-refractivity contribution >= 4 is 17.6 Å². The van der Waals surface area contributed by atoms with E-state index < -0.39 is 5.97 Å². The Hall–Kier alpha value is -3.31. The van der Waals surface area contributed by atoms with Crippen LogP contribution in [0.25, 0.3) is 17.0 Å². The van der Waals surface area contributed by atoms with Crippen LogP contribution in [0.15, 0.2) is 83.6 Å². The third kappa shape index (κ3) is 3.93. The van der Waals surface area contributed by atoms with Crippen molar-refractivity contribution in [3.8, 4) is 17.0 Å². The SMILES string of the molecule is O=C(OCc1cc(-c2ccc(Cl)cc2)on1)c1ccc(-n2cccc2)cc1. The molecule has 4 rings (SSSR count). The van der Waals surface area contributed by atoms with Gasteiger partial charge in [0.15, 0.2) is 5.76 Å². The summed E-state index contributed by atoms with van der Waals surface area (Å²) in [6.45, 7) is 0.0370. The van der Waals surface area contributed by atoms with Gasteiger partial charge in [-0.1, -0.05) is 16.8 Å². The lowest BCUT2D eigenvalue weighted by Crippen LogP contribution is -2.05. The monoisotopic (exact) mass is 378 g/mol. The van der Waals surface area contributed by atoms with Crippen molar-refractivity contribution in [2.24, 2.45) is 0 Å². The maximum atomic E-state index is 12.2. The van der Waals surface area contributed by atoms with E-state index >= 15 is 0 Å².